The highest BCUT2D eigenvalue weighted by Crippen LogP contribution is 2.49. The fraction of sp³-hybridized carbons (Fsp3) is 0.500. The van der Waals surface area contributed by atoms with Gasteiger partial charge in [0.1, 0.15) is 70.1 Å². The topological polar surface area (TPSA) is 354 Å². The van der Waals surface area contributed by atoms with Crippen LogP contribution in [0.5, 0.6) is 12.2 Å². The van der Waals surface area contributed by atoms with Gasteiger partial charge in [0, 0.05) is 36.1 Å². The molecular formula is C72H80F8N10O15S2. The zero-order chi connectivity index (χ0) is 76.8. The minimum atomic E-state index is -4.84. The van der Waals surface area contributed by atoms with E-state index in [4.69, 9.17) is 23.4 Å². The van der Waals surface area contributed by atoms with Crippen LogP contribution in [-0.2, 0) is 61.2 Å². The summed E-state index contributed by atoms with van der Waals surface area (Å²) in [5, 5.41) is 25.9. The van der Waals surface area contributed by atoms with Crippen LogP contribution in [0.1, 0.15) is 141 Å². The van der Waals surface area contributed by atoms with Crippen LogP contribution in [0, 0.1) is 23.5 Å². The van der Waals surface area contributed by atoms with Crippen molar-refractivity contribution in [1.82, 2.24) is 35.1 Å². The van der Waals surface area contributed by atoms with Gasteiger partial charge in [-0.05, 0) is 152 Å². The summed E-state index contributed by atoms with van der Waals surface area (Å²) in [6.07, 6.45) is 3.53. The number of carboxylic acid groups (broad SMARTS) is 1. The first-order chi connectivity index (χ1) is 50.4. The van der Waals surface area contributed by atoms with Gasteiger partial charge in [0.05, 0.1) is 33.7 Å². The molecule has 4 saturated carbocycles. The third-order valence-electron chi connectivity index (χ3n) is 21.0. The number of allylic oxidation sites excluding steroid dienone is 2. The van der Waals surface area contributed by atoms with E-state index in [2.05, 4.69) is 36.0 Å². The number of oxazole rings is 2. The Morgan fingerprint density at radius 3 is 1.43 bits per heavy atom. The minimum Gasteiger partial charge on any atom is -0.479 e. The van der Waals surface area contributed by atoms with Gasteiger partial charge < -0.3 is 54.5 Å². The number of carbonyl (C=O) groups excluding carboxylic acids is 5. The second kappa shape index (κ2) is 30.0. The standard InChI is InChI=1S/C36H39F4N5O7S.C32H32F4N4O6.C4H9NO2S/c1-34(13-14-34)53(49,50)44-32(48)35-19-21(35)9-5-3-2-4-6-11-27(41-24-16-22(36(38,39)40)15-23(37)17-24)31(47)45-20-25(18-28(45)30(46)43-35)51-33-42-26-10-7-8-12-29(26)52-33;33-20-12-19(32(34,35)36)13-21(14-20)37-24-10-5-3-1-2-4-8-18-16-31(18,29(43)44)39-27(41)25-15-22(17-40(25)28(24)42)45-30-38-23-9-6-7-11-26(23)46-30;1-4(2-3-4)8(5,6)7/h5,7-10,12,15-17,21,25,27-28,41H,2-4,6,11,13-14,18-20H2,1H3,(H,43,46)(H,44,48);4,6-9,11-14,18,22,24-25,37H,1-3,5,10,15-17H2,(H,39,41)(H,43,44);2-3H2,1H3,(H2,5,6,7)/b9-5-;8-4-;/t21-,25-,27+,28+,35-;18-,22-,24+,25+,31-;/m11./s1. The Morgan fingerprint density at radius 1 is 0.607 bits per heavy atom. The van der Waals surface area contributed by atoms with Crippen molar-refractivity contribution in [3.05, 3.63) is 132 Å². The molecule has 576 valence electrons. The maximum absolute atomic E-state index is 14.4. The third kappa shape index (κ3) is 17.6. The number of fused-ring (bicyclic) bond motifs is 6. The Bertz CT molecular complexity index is 4640. The molecule has 0 radical (unpaired) electrons. The Morgan fingerprint density at radius 2 is 1.03 bits per heavy atom. The molecule has 35 heteroatoms. The molecule has 2 saturated heterocycles. The van der Waals surface area contributed by atoms with Crippen LogP contribution < -0.4 is 40.6 Å². The number of rotatable bonds is 13. The number of hydrogen-bond donors (Lipinski definition) is 7. The summed E-state index contributed by atoms with van der Waals surface area (Å²) in [4.78, 5) is 93.7. The molecule has 4 aliphatic carbocycles. The van der Waals surface area contributed by atoms with Gasteiger partial charge >= 0.3 is 30.5 Å². The average Bonchev–Trinajstić information content (AvgIpc) is 1.57. The van der Waals surface area contributed by atoms with Crippen LogP contribution >= 0.6 is 0 Å². The number of para-hydroxylation sites is 4. The highest BCUT2D eigenvalue weighted by Gasteiger charge is 2.64. The quantitative estimate of drug-likeness (QED) is 0.0417. The van der Waals surface area contributed by atoms with E-state index in [0.29, 0.717) is 92.1 Å². The van der Waals surface area contributed by atoms with Crippen LogP contribution in [0.25, 0.3) is 22.2 Å². The predicted molar refractivity (Wildman–Crippen MR) is 370 cm³/mol. The first kappa shape index (κ1) is 77.2. The molecule has 5 amide bonds. The molecule has 8 N–H and O–H groups in total. The van der Waals surface area contributed by atoms with Gasteiger partial charge in [0.15, 0.2) is 11.2 Å². The van der Waals surface area contributed by atoms with Crippen molar-refractivity contribution in [2.75, 3.05) is 23.7 Å². The number of halogens is 8. The molecule has 0 unspecified atom stereocenters. The van der Waals surface area contributed by atoms with Gasteiger partial charge in [0.2, 0.25) is 43.7 Å². The van der Waals surface area contributed by atoms with Crippen molar-refractivity contribution in [1.29, 1.82) is 0 Å². The monoisotopic (exact) mass is 1540 g/mol. The number of nitrogens with zero attached hydrogens (tertiary/aromatic N) is 4. The molecule has 6 heterocycles. The number of ether oxygens (including phenoxy) is 2. The Balaban J connectivity index is 0.000000182. The van der Waals surface area contributed by atoms with E-state index in [1.807, 2.05) is 12.2 Å². The molecule has 2 aromatic heterocycles. The summed E-state index contributed by atoms with van der Waals surface area (Å²) in [7, 11) is -7.27. The molecule has 25 nitrogen and oxygen atoms in total. The maximum atomic E-state index is 14.4. The first-order valence-corrected chi connectivity index (χ1v) is 38.2. The van der Waals surface area contributed by atoms with Crippen molar-refractivity contribution in [3.63, 3.8) is 0 Å². The lowest BCUT2D eigenvalue weighted by atomic mass is 10.0. The van der Waals surface area contributed by atoms with Gasteiger partial charge in [-0.3, -0.25) is 28.7 Å². The fourth-order valence-corrected chi connectivity index (χ4v) is 15.7. The summed E-state index contributed by atoms with van der Waals surface area (Å²) < 4.78 is 181. The van der Waals surface area contributed by atoms with Gasteiger partial charge in [-0.2, -0.15) is 36.3 Å². The minimum absolute atomic E-state index is 0.0303. The highest BCUT2D eigenvalue weighted by atomic mass is 32.2. The second-order valence-corrected chi connectivity index (χ2v) is 33.3. The number of alkyl halides is 6. The van der Waals surface area contributed by atoms with Gasteiger partial charge in [-0.25, -0.2) is 35.5 Å². The Kier molecular flexibility index (Phi) is 21.7. The van der Waals surface area contributed by atoms with Crippen LogP contribution in [-0.4, -0.2) is 147 Å². The number of primary sulfonamides is 1. The van der Waals surface area contributed by atoms with E-state index in [9.17, 15) is 85.8 Å². The lowest BCUT2D eigenvalue weighted by Crippen LogP contribution is -2.58. The Hall–Kier alpha value is -9.38. The number of carbonyl (C=O) groups is 6. The summed E-state index contributed by atoms with van der Waals surface area (Å²) in [5.41, 5.74) is -4.12. The SMILES string of the molecule is CC1(S(=O)(=O)NC(=O)[C@@]23C[C@H]2/C=C\CCCCC[C@H](Nc2cc(F)cc(C(F)(F)F)c2)C(=O)N2C[C@H](Oc4nc5ccccc5o4)C[C@H]2C(=O)N3)CC1.CC1(S(N)(=O)=O)CC1.O=C1N[C@]2(C(=O)O)C[C@H]2/C=C\CCCCC[C@H](Nc2cc(F)cc(C(F)(F)F)c2)C(=O)N2C[C@H](Oc3nc4ccccc4o3)C[C@@H]12. The number of amides is 5. The van der Waals surface area contributed by atoms with Crippen molar-refractivity contribution < 1.29 is 104 Å². The summed E-state index contributed by atoms with van der Waals surface area (Å²) in [5.74, 6) is -8.00. The number of nitrogens with two attached hydrogens (primary N) is 1. The lowest BCUT2D eigenvalue weighted by Gasteiger charge is -2.30. The summed E-state index contributed by atoms with van der Waals surface area (Å²) in [6.45, 7) is 2.92. The number of aliphatic carboxylic acids is 1. The number of sulfonamides is 2. The molecule has 107 heavy (non-hydrogen) atoms. The fourth-order valence-electron chi connectivity index (χ4n) is 13.7. The van der Waals surface area contributed by atoms with E-state index < -0.39 is 159 Å². The average molecular weight is 1540 g/mol. The van der Waals surface area contributed by atoms with E-state index in [0.717, 1.165) is 43.5 Å². The number of hydrogen-bond acceptors (Lipinski definition) is 18. The van der Waals surface area contributed by atoms with Crippen molar-refractivity contribution in [2.45, 2.75) is 199 Å². The van der Waals surface area contributed by atoms with Crippen molar-refractivity contribution in [2.24, 2.45) is 17.0 Å². The smallest absolute Gasteiger partial charge is 0.416 e. The molecule has 10 atom stereocenters. The molecule has 4 aromatic carbocycles. The van der Waals surface area contributed by atoms with Crippen LogP contribution in [0.2, 0.25) is 0 Å². The third-order valence-corrected chi connectivity index (χ3v) is 24.9. The number of carboxylic acids is 1. The van der Waals surface area contributed by atoms with Crippen molar-refractivity contribution >= 4 is 89.1 Å². The van der Waals surface area contributed by atoms with Crippen LogP contribution in [0.3, 0.4) is 0 Å². The van der Waals surface area contributed by atoms with Gasteiger partial charge in [-0.1, -0.05) is 74.3 Å². The molecule has 6 aromatic rings. The summed E-state index contributed by atoms with van der Waals surface area (Å²) >= 11 is 0. The van der Waals surface area contributed by atoms with Gasteiger partial charge in [-0.15, -0.1) is 0 Å². The predicted octanol–water partition coefficient (Wildman–Crippen LogP) is 10.3. The molecule has 4 aliphatic heterocycles. The van der Waals surface area contributed by atoms with E-state index >= 15 is 0 Å². The normalized spacial score (nSPS) is 27.8. The van der Waals surface area contributed by atoms with Gasteiger partial charge in [0.25, 0.3) is 5.91 Å². The van der Waals surface area contributed by atoms with E-state index in [-0.39, 0.29) is 75.1 Å². The van der Waals surface area contributed by atoms with Crippen LogP contribution in [0.4, 0.5) is 46.5 Å². The lowest BCUT2D eigenvalue weighted by molar-refractivity contribution is -0.145. The number of aromatic nitrogens is 2. The largest absolute Gasteiger partial charge is 0.479 e. The number of anilines is 2. The number of benzene rings is 4. The zero-order valence-corrected chi connectivity index (χ0v) is 59.7. The highest BCUT2D eigenvalue weighted by molar-refractivity contribution is 7.91. The van der Waals surface area contributed by atoms with Crippen molar-refractivity contribution in [3.8, 4) is 12.2 Å². The maximum Gasteiger partial charge on any atom is 0.416 e. The number of nitrogens with one attached hydrogen (secondary N) is 5. The summed E-state index contributed by atoms with van der Waals surface area (Å²) in [6, 6.07) is 13.1. The zero-order valence-electron chi connectivity index (χ0n) is 58.0. The molecule has 8 aliphatic rings. The second-order valence-electron chi connectivity index (χ2n) is 29.1. The Labute approximate surface area is 609 Å². The van der Waals surface area contributed by atoms with E-state index in [1.54, 1.807) is 67.6 Å². The molecule has 0 bridgehead atoms. The molecule has 0 spiro atoms. The molecule has 14 rings (SSSR count). The van der Waals surface area contributed by atoms with E-state index in [1.165, 1.54) is 16.7 Å². The first-order valence-electron chi connectivity index (χ1n) is 35.2. The molecular weight excluding hydrogens is 1460 g/mol. The van der Waals surface area contributed by atoms with Crippen LogP contribution in [0.15, 0.2) is 118 Å². The molecule has 6 fully saturated rings.